The van der Waals surface area contributed by atoms with Crippen LogP contribution in [0.4, 0.5) is 10.5 Å². The van der Waals surface area contributed by atoms with Crippen molar-refractivity contribution in [3.05, 3.63) is 46.4 Å². The number of anilines is 1. The van der Waals surface area contributed by atoms with E-state index in [1.54, 1.807) is 37.4 Å². The van der Waals surface area contributed by atoms with Gasteiger partial charge in [0, 0.05) is 13.6 Å². The zero-order chi connectivity index (χ0) is 19.1. The van der Waals surface area contributed by atoms with Crippen LogP contribution in [0.25, 0.3) is 5.69 Å². The van der Waals surface area contributed by atoms with Gasteiger partial charge in [0.1, 0.15) is 5.69 Å². The molecule has 0 unspecified atom stereocenters. The summed E-state index contributed by atoms with van der Waals surface area (Å²) in [5, 5.41) is 13.1. The molecule has 1 saturated heterocycles. The Balaban J connectivity index is 1.92. The van der Waals surface area contributed by atoms with Crippen molar-refractivity contribution in [2.45, 2.75) is 45.3 Å². The fourth-order valence-corrected chi connectivity index (χ4v) is 3.64. The Morgan fingerprint density at radius 2 is 1.92 bits per heavy atom. The molecule has 1 aliphatic heterocycles. The topological polar surface area (TPSA) is 79.5 Å². The van der Waals surface area contributed by atoms with Gasteiger partial charge in [0.2, 0.25) is 0 Å². The Bertz CT molecular complexity index is 861. The van der Waals surface area contributed by atoms with E-state index in [4.69, 9.17) is 0 Å². The number of urea groups is 1. The van der Waals surface area contributed by atoms with Gasteiger partial charge >= 0.3 is 6.03 Å². The van der Waals surface area contributed by atoms with Crippen molar-refractivity contribution in [3.63, 3.8) is 0 Å². The highest BCUT2D eigenvalue weighted by atomic mass is 16.3. The first kappa shape index (κ1) is 18.3. The average molecular weight is 358 g/mol. The third kappa shape index (κ3) is 3.14. The molecule has 0 radical (unpaired) electrons. The van der Waals surface area contributed by atoms with Crippen LogP contribution in [-0.4, -0.2) is 43.6 Å². The molecule has 1 aliphatic rings. The van der Waals surface area contributed by atoms with Crippen LogP contribution in [0.15, 0.2) is 35.1 Å². The first-order valence-electron chi connectivity index (χ1n) is 8.86. The minimum absolute atomic E-state index is 0.261. The third-order valence-electron chi connectivity index (χ3n) is 5.12. The first-order valence-corrected chi connectivity index (χ1v) is 8.86. The summed E-state index contributed by atoms with van der Waals surface area (Å²) < 4.78 is 3.26. The number of carbonyl (C=O) groups excluding carboxylic acids is 1. The fourth-order valence-electron chi connectivity index (χ4n) is 3.64. The monoisotopic (exact) mass is 358 g/mol. The third-order valence-corrected chi connectivity index (χ3v) is 5.12. The summed E-state index contributed by atoms with van der Waals surface area (Å²) in [4.78, 5) is 27.3. The maximum atomic E-state index is 12.9. The molecule has 140 valence electrons. The molecular weight excluding hydrogens is 332 g/mol. The maximum absolute atomic E-state index is 12.9. The van der Waals surface area contributed by atoms with Crippen molar-refractivity contribution >= 4 is 11.7 Å². The number of nitrogens with zero attached hydrogens (tertiary/aromatic N) is 3. The molecule has 3 rings (SSSR count). The van der Waals surface area contributed by atoms with E-state index in [9.17, 15) is 14.7 Å². The van der Waals surface area contributed by atoms with E-state index in [0.29, 0.717) is 12.2 Å². The van der Waals surface area contributed by atoms with Crippen LogP contribution < -0.4 is 10.9 Å². The zero-order valence-electron chi connectivity index (χ0n) is 15.7. The van der Waals surface area contributed by atoms with E-state index in [1.807, 2.05) is 30.3 Å². The molecule has 1 aromatic carbocycles. The van der Waals surface area contributed by atoms with Gasteiger partial charge in [-0.25, -0.2) is 9.48 Å². The Morgan fingerprint density at radius 1 is 1.27 bits per heavy atom. The smallest absolute Gasteiger partial charge is 0.322 e. The Hall–Kier alpha value is -2.54. The van der Waals surface area contributed by atoms with Gasteiger partial charge in [0.05, 0.1) is 23.0 Å². The van der Waals surface area contributed by atoms with Gasteiger partial charge in [-0.1, -0.05) is 18.2 Å². The van der Waals surface area contributed by atoms with Gasteiger partial charge < -0.3 is 15.3 Å². The van der Waals surface area contributed by atoms with Crippen LogP contribution in [0.2, 0.25) is 0 Å². The second kappa shape index (κ2) is 6.64. The van der Waals surface area contributed by atoms with Gasteiger partial charge in [-0.15, -0.1) is 0 Å². The second-order valence-corrected chi connectivity index (χ2v) is 7.37. The molecule has 0 saturated carbocycles. The van der Waals surface area contributed by atoms with Crippen molar-refractivity contribution < 1.29 is 9.90 Å². The van der Waals surface area contributed by atoms with Crippen molar-refractivity contribution in [1.82, 2.24) is 14.3 Å². The van der Waals surface area contributed by atoms with Crippen molar-refractivity contribution in [3.8, 4) is 5.69 Å². The molecule has 2 heterocycles. The van der Waals surface area contributed by atoms with E-state index < -0.39 is 5.60 Å². The maximum Gasteiger partial charge on any atom is 0.322 e. The molecule has 2 N–H and O–H groups in total. The molecule has 0 aliphatic carbocycles. The predicted octanol–water partition coefficient (Wildman–Crippen LogP) is 2.25. The number of nitrogens with one attached hydrogen (secondary N) is 1. The summed E-state index contributed by atoms with van der Waals surface area (Å²) in [6.07, 6.45) is 1.59. The summed E-state index contributed by atoms with van der Waals surface area (Å²) in [5.41, 5.74) is 0.417. The molecule has 7 heteroatoms. The standard InChI is InChI=1S/C19H26N4O3/c1-13-16(17(24)23(21(13)4)14-9-6-5-7-10-14)20-18(25)22-12-8-11-15(22)19(2,3)26/h5-7,9-10,15,26H,8,11-12H2,1-4H3,(H,20,25)/t15-/m0/s1. The van der Waals surface area contributed by atoms with Gasteiger partial charge in [-0.05, 0) is 45.7 Å². The van der Waals surface area contributed by atoms with Crippen LogP contribution in [0.5, 0.6) is 0 Å². The van der Waals surface area contributed by atoms with Crippen molar-refractivity contribution in [2.75, 3.05) is 11.9 Å². The molecule has 2 amide bonds. The molecule has 0 spiro atoms. The van der Waals surface area contributed by atoms with E-state index in [1.165, 1.54) is 4.68 Å². The van der Waals surface area contributed by atoms with E-state index >= 15 is 0 Å². The number of carbonyl (C=O) groups is 1. The van der Waals surface area contributed by atoms with Crippen molar-refractivity contribution in [2.24, 2.45) is 7.05 Å². The largest absolute Gasteiger partial charge is 0.388 e. The molecule has 1 fully saturated rings. The number of aliphatic hydroxyl groups is 1. The fraction of sp³-hybridized carbons (Fsp3) is 0.474. The van der Waals surface area contributed by atoms with Crippen molar-refractivity contribution in [1.29, 1.82) is 0 Å². The second-order valence-electron chi connectivity index (χ2n) is 7.37. The SMILES string of the molecule is Cc1c(NC(=O)N2CCC[C@H]2C(C)(C)O)c(=O)n(-c2ccccc2)n1C. The Kier molecular flexibility index (Phi) is 4.66. The minimum Gasteiger partial charge on any atom is -0.388 e. The van der Waals surface area contributed by atoms with E-state index in [0.717, 1.165) is 18.5 Å². The van der Waals surface area contributed by atoms with Crippen LogP contribution >= 0.6 is 0 Å². The van der Waals surface area contributed by atoms with Gasteiger partial charge in [-0.3, -0.25) is 9.48 Å². The quantitative estimate of drug-likeness (QED) is 0.883. The molecule has 1 atom stereocenters. The summed E-state index contributed by atoms with van der Waals surface area (Å²) in [5.74, 6) is 0. The lowest BCUT2D eigenvalue weighted by Crippen LogP contribution is -2.49. The highest BCUT2D eigenvalue weighted by Crippen LogP contribution is 2.27. The van der Waals surface area contributed by atoms with Crippen LogP contribution in [0.1, 0.15) is 32.4 Å². The number of amides is 2. The molecule has 2 aromatic rings. The predicted molar refractivity (Wildman–Crippen MR) is 101 cm³/mol. The minimum atomic E-state index is -0.982. The summed E-state index contributed by atoms with van der Waals surface area (Å²) in [7, 11) is 1.79. The van der Waals surface area contributed by atoms with Gasteiger partial charge in [-0.2, -0.15) is 0 Å². The Morgan fingerprint density at radius 3 is 2.54 bits per heavy atom. The number of aromatic nitrogens is 2. The van der Waals surface area contributed by atoms with E-state index in [2.05, 4.69) is 5.32 Å². The number of rotatable bonds is 3. The lowest BCUT2D eigenvalue weighted by atomic mass is 9.97. The lowest BCUT2D eigenvalue weighted by molar-refractivity contribution is 0.0117. The Labute approximate surface area is 152 Å². The van der Waals surface area contributed by atoms with E-state index in [-0.39, 0.29) is 23.3 Å². The first-order chi connectivity index (χ1) is 12.2. The molecule has 7 nitrogen and oxygen atoms in total. The molecule has 26 heavy (non-hydrogen) atoms. The number of likely N-dealkylation sites (tertiary alicyclic amines) is 1. The summed E-state index contributed by atoms with van der Waals surface area (Å²) in [6.45, 7) is 5.78. The average Bonchev–Trinajstić information content (AvgIpc) is 3.16. The number of hydrogen-bond donors (Lipinski definition) is 2. The number of para-hydroxylation sites is 1. The molecule has 0 bridgehead atoms. The highest BCUT2D eigenvalue weighted by molar-refractivity contribution is 5.90. The van der Waals surface area contributed by atoms with Crippen LogP contribution in [0.3, 0.4) is 0 Å². The van der Waals surface area contributed by atoms with Gasteiger partial charge in [0.25, 0.3) is 5.56 Å². The zero-order valence-corrected chi connectivity index (χ0v) is 15.7. The summed E-state index contributed by atoms with van der Waals surface area (Å²) in [6, 6.07) is 8.69. The lowest BCUT2D eigenvalue weighted by Gasteiger charge is -2.33. The molecule has 1 aromatic heterocycles. The normalized spacial score (nSPS) is 17.6. The van der Waals surface area contributed by atoms with Gasteiger partial charge in [0.15, 0.2) is 0 Å². The number of benzene rings is 1. The number of hydrogen-bond acceptors (Lipinski definition) is 3. The van der Waals surface area contributed by atoms with Crippen LogP contribution in [-0.2, 0) is 7.05 Å². The summed E-state index contributed by atoms with van der Waals surface area (Å²) >= 11 is 0. The highest BCUT2D eigenvalue weighted by Gasteiger charge is 2.39. The van der Waals surface area contributed by atoms with Crippen LogP contribution in [0, 0.1) is 6.92 Å². The molecular formula is C19H26N4O3.